The maximum absolute atomic E-state index is 10.4. The highest BCUT2D eigenvalue weighted by Crippen LogP contribution is 2.19. The Morgan fingerprint density at radius 3 is 2.07 bits per heavy atom. The van der Waals surface area contributed by atoms with E-state index >= 15 is 0 Å². The Labute approximate surface area is 79.5 Å². The maximum atomic E-state index is 10.4. The van der Waals surface area contributed by atoms with Gasteiger partial charge in [0.2, 0.25) is 0 Å². The lowest BCUT2D eigenvalue weighted by molar-refractivity contribution is -0.660. The van der Waals surface area contributed by atoms with Gasteiger partial charge in [-0.3, -0.25) is 20.2 Å². The molecule has 73 valence electrons. The third-order valence-electron chi connectivity index (χ3n) is 1.73. The number of nitrogens with zero attached hydrogens (tertiary/aromatic N) is 2. The van der Waals surface area contributed by atoms with Crippen LogP contribution in [-0.4, -0.2) is 9.85 Å². The first-order valence-corrected chi connectivity index (χ1v) is 3.75. The molecule has 0 heterocycles. The summed E-state index contributed by atoms with van der Waals surface area (Å²) in [5, 5.41) is 20.8. The first kappa shape index (κ1) is 10.1. The van der Waals surface area contributed by atoms with Gasteiger partial charge in [-0.15, -0.1) is 0 Å². The second kappa shape index (κ2) is 3.82. The van der Waals surface area contributed by atoms with Crippen LogP contribution in [0.1, 0.15) is 11.1 Å². The molecule has 0 unspecified atom stereocenters. The Morgan fingerprint density at radius 2 is 1.64 bits per heavy atom. The zero-order chi connectivity index (χ0) is 10.7. The summed E-state index contributed by atoms with van der Waals surface area (Å²) in [4.78, 5) is 18.9. The van der Waals surface area contributed by atoms with Gasteiger partial charge in [-0.05, 0) is 18.6 Å². The molecule has 0 aromatic heterocycles. The number of rotatable bonds is 3. The number of hydrogen-bond donors (Lipinski definition) is 0. The zero-order valence-corrected chi connectivity index (χ0v) is 7.34. The van der Waals surface area contributed by atoms with Crippen LogP contribution < -0.4 is 0 Å². The standard InChI is InChI=1S/C8H7N2O4/c1-6-4-2-3-5-7(6)8(9(11)12)10(13)14/h2-5H,1H3. The SMILES string of the molecule is Cc1ccccc1[C]([N+](=O)[O-])[N+](=O)[O-]. The minimum absolute atomic E-state index is 0.0440. The van der Waals surface area contributed by atoms with Gasteiger partial charge in [-0.1, -0.05) is 18.2 Å². The fraction of sp³-hybridized carbons (Fsp3) is 0.125. The number of nitro groups is 2. The van der Waals surface area contributed by atoms with Gasteiger partial charge in [-0.25, -0.2) is 0 Å². The van der Waals surface area contributed by atoms with Crippen molar-refractivity contribution in [2.24, 2.45) is 0 Å². The van der Waals surface area contributed by atoms with Crippen molar-refractivity contribution in [3.05, 3.63) is 61.8 Å². The van der Waals surface area contributed by atoms with Gasteiger partial charge >= 0.3 is 6.17 Å². The molecule has 0 N–H and O–H groups in total. The zero-order valence-electron chi connectivity index (χ0n) is 7.34. The smallest absolute Gasteiger partial charge is 0.258 e. The quantitative estimate of drug-likeness (QED) is 0.538. The molecule has 6 nitrogen and oxygen atoms in total. The van der Waals surface area contributed by atoms with E-state index in [1.54, 1.807) is 19.1 Å². The van der Waals surface area contributed by atoms with Crippen molar-refractivity contribution in [1.82, 2.24) is 0 Å². The van der Waals surface area contributed by atoms with Crippen molar-refractivity contribution in [2.45, 2.75) is 6.92 Å². The molecule has 0 bridgehead atoms. The van der Waals surface area contributed by atoms with Gasteiger partial charge in [0.15, 0.2) is 0 Å². The predicted octanol–water partition coefficient (Wildman–Crippen LogP) is 1.39. The van der Waals surface area contributed by atoms with Crippen LogP contribution in [-0.2, 0) is 0 Å². The first-order valence-electron chi connectivity index (χ1n) is 3.75. The van der Waals surface area contributed by atoms with E-state index < -0.39 is 16.0 Å². The minimum atomic E-state index is -0.984. The normalized spacial score (nSPS) is 10.1. The van der Waals surface area contributed by atoms with Crippen molar-refractivity contribution in [3.8, 4) is 0 Å². The molecular weight excluding hydrogens is 188 g/mol. The van der Waals surface area contributed by atoms with Crippen molar-refractivity contribution in [2.75, 3.05) is 0 Å². The lowest BCUT2D eigenvalue weighted by Crippen LogP contribution is -2.21. The van der Waals surface area contributed by atoms with Crippen LogP contribution >= 0.6 is 0 Å². The highest BCUT2D eigenvalue weighted by Gasteiger charge is 2.42. The molecular formula is C8H7N2O4. The van der Waals surface area contributed by atoms with Crippen molar-refractivity contribution in [1.29, 1.82) is 0 Å². The van der Waals surface area contributed by atoms with E-state index in [1.807, 2.05) is 0 Å². The fourth-order valence-corrected chi connectivity index (χ4v) is 1.09. The topological polar surface area (TPSA) is 86.3 Å². The highest BCUT2D eigenvalue weighted by atomic mass is 16.7. The van der Waals surface area contributed by atoms with E-state index in [-0.39, 0.29) is 5.56 Å². The molecule has 0 atom stereocenters. The second-order valence-electron chi connectivity index (χ2n) is 2.65. The molecule has 0 amide bonds. The average molecular weight is 195 g/mol. The highest BCUT2D eigenvalue weighted by molar-refractivity contribution is 5.31. The molecule has 0 aliphatic rings. The van der Waals surface area contributed by atoms with Gasteiger partial charge in [0.25, 0.3) is 0 Å². The molecule has 0 saturated heterocycles. The van der Waals surface area contributed by atoms with Crippen LogP contribution in [0.4, 0.5) is 0 Å². The Balaban J connectivity index is 3.18. The minimum Gasteiger partial charge on any atom is -0.258 e. The molecule has 1 rings (SSSR count). The Bertz CT molecular complexity index is 363. The first-order chi connectivity index (χ1) is 6.54. The second-order valence-corrected chi connectivity index (χ2v) is 2.65. The van der Waals surface area contributed by atoms with Crippen LogP contribution in [0.3, 0.4) is 0 Å². The van der Waals surface area contributed by atoms with Crippen LogP contribution in [0.25, 0.3) is 0 Å². The van der Waals surface area contributed by atoms with Crippen LogP contribution in [0, 0.1) is 33.3 Å². The number of hydrogen-bond acceptors (Lipinski definition) is 4. The lowest BCUT2D eigenvalue weighted by atomic mass is 10.1. The molecule has 1 aromatic rings. The summed E-state index contributed by atoms with van der Waals surface area (Å²) in [6, 6.07) is 6.13. The predicted molar refractivity (Wildman–Crippen MR) is 47.5 cm³/mol. The van der Waals surface area contributed by atoms with E-state index in [0.717, 1.165) is 0 Å². The number of aryl methyl sites for hydroxylation is 1. The summed E-state index contributed by atoms with van der Waals surface area (Å²) in [6.45, 7) is 1.59. The molecule has 0 saturated carbocycles. The summed E-state index contributed by atoms with van der Waals surface area (Å²) < 4.78 is 0. The van der Waals surface area contributed by atoms with Gasteiger partial charge in [0.05, 0.1) is 0 Å². The summed E-state index contributed by atoms with van der Waals surface area (Å²) in [6.07, 6.45) is -0.983. The van der Waals surface area contributed by atoms with E-state index in [0.29, 0.717) is 5.56 Å². The number of benzene rings is 1. The van der Waals surface area contributed by atoms with Crippen molar-refractivity contribution < 1.29 is 9.85 Å². The van der Waals surface area contributed by atoms with Crippen LogP contribution in [0.2, 0.25) is 0 Å². The van der Waals surface area contributed by atoms with Crippen LogP contribution in [0.15, 0.2) is 24.3 Å². The third-order valence-corrected chi connectivity index (χ3v) is 1.73. The van der Waals surface area contributed by atoms with Crippen molar-refractivity contribution in [3.63, 3.8) is 0 Å². The van der Waals surface area contributed by atoms with Gasteiger partial charge in [0.1, 0.15) is 15.4 Å². The third kappa shape index (κ3) is 1.85. The van der Waals surface area contributed by atoms with Crippen LogP contribution in [0.5, 0.6) is 0 Å². The van der Waals surface area contributed by atoms with E-state index in [1.165, 1.54) is 12.1 Å². The van der Waals surface area contributed by atoms with Gasteiger partial charge < -0.3 is 0 Å². The fourth-order valence-electron chi connectivity index (χ4n) is 1.09. The maximum Gasteiger partial charge on any atom is 0.626 e. The molecule has 14 heavy (non-hydrogen) atoms. The molecule has 0 aliphatic heterocycles. The lowest BCUT2D eigenvalue weighted by Gasteiger charge is -2.00. The van der Waals surface area contributed by atoms with Gasteiger partial charge in [0, 0.05) is 0 Å². The summed E-state index contributed by atoms with van der Waals surface area (Å²) >= 11 is 0. The Kier molecular flexibility index (Phi) is 2.76. The van der Waals surface area contributed by atoms with E-state index in [9.17, 15) is 20.2 Å². The molecule has 0 aliphatic carbocycles. The monoisotopic (exact) mass is 195 g/mol. The molecule has 1 aromatic carbocycles. The Hall–Kier alpha value is -1.98. The molecule has 1 radical (unpaired) electrons. The Morgan fingerprint density at radius 1 is 1.14 bits per heavy atom. The summed E-state index contributed by atoms with van der Waals surface area (Å²) in [5.74, 6) is 0. The molecule has 0 spiro atoms. The van der Waals surface area contributed by atoms with E-state index in [4.69, 9.17) is 0 Å². The average Bonchev–Trinajstić information content (AvgIpc) is 2.07. The van der Waals surface area contributed by atoms with Gasteiger partial charge in [-0.2, -0.15) is 0 Å². The largest absolute Gasteiger partial charge is 0.626 e. The summed E-state index contributed by atoms with van der Waals surface area (Å²) in [5.41, 5.74) is 0.554. The van der Waals surface area contributed by atoms with E-state index in [2.05, 4.69) is 0 Å². The molecule has 0 fully saturated rings. The summed E-state index contributed by atoms with van der Waals surface area (Å²) in [7, 11) is 0. The van der Waals surface area contributed by atoms with Crippen molar-refractivity contribution >= 4 is 0 Å². The molecule has 6 heteroatoms.